The van der Waals surface area contributed by atoms with E-state index < -0.39 is 5.91 Å². The first-order chi connectivity index (χ1) is 17.9. The number of furan rings is 1. The zero-order valence-corrected chi connectivity index (χ0v) is 20.9. The minimum atomic E-state index is -0.495. The summed E-state index contributed by atoms with van der Waals surface area (Å²) in [5, 5.41) is 5.75. The molecule has 2 aromatic heterocycles. The number of rotatable bonds is 6. The Kier molecular flexibility index (Phi) is 7.09. The molecule has 3 aromatic rings. The van der Waals surface area contributed by atoms with E-state index >= 15 is 0 Å². The van der Waals surface area contributed by atoms with Crippen LogP contribution in [-0.2, 0) is 14.3 Å². The zero-order chi connectivity index (χ0) is 25.9. The number of hydrogen-bond donors (Lipinski definition) is 2. The Morgan fingerprint density at radius 1 is 1.05 bits per heavy atom. The van der Waals surface area contributed by atoms with Crippen LogP contribution in [0.2, 0.25) is 0 Å². The lowest BCUT2D eigenvalue weighted by Gasteiger charge is -2.38. The lowest BCUT2D eigenvalue weighted by atomic mass is 9.84. The Hall–Kier alpha value is -3.92. The van der Waals surface area contributed by atoms with Crippen LogP contribution in [0.15, 0.2) is 40.8 Å². The second-order valence-electron chi connectivity index (χ2n) is 9.46. The number of carbonyl (C=O) groups excluding carboxylic acids is 3. The molecule has 0 bridgehead atoms. The molecule has 194 valence electrons. The SMILES string of the molecule is COc1ccc2oc(C(=O)Nc3ccc(C)cc3)c(NC(=O)C3CCC(N4CCOCC4=O)CC3)c2n1. The molecule has 0 spiro atoms. The Morgan fingerprint density at radius 2 is 1.81 bits per heavy atom. The van der Waals surface area contributed by atoms with Crippen LogP contribution in [0, 0.1) is 12.8 Å². The molecular formula is C27H30N4O6. The van der Waals surface area contributed by atoms with Crippen molar-refractivity contribution in [2.24, 2.45) is 5.92 Å². The summed E-state index contributed by atoms with van der Waals surface area (Å²) in [6.07, 6.45) is 2.75. The number of aryl methyl sites for hydroxylation is 1. The highest BCUT2D eigenvalue weighted by Gasteiger charge is 2.34. The zero-order valence-electron chi connectivity index (χ0n) is 20.9. The van der Waals surface area contributed by atoms with E-state index in [1.807, 2.05) is 24.0 Å². The van der Waals surface area contributed by atoms with Crippen LogP contribution in [0.4, 0.5) is 11.4 Å². The van der Waals surface area contributed by atoms with Crippen LogP contribution in [0.1, 0.15) is 41.8 Å². The summed E-state index contributed by atoms with van der Waals surface area (Å²) in [5.74, 6) is -0.638. The van der Waals surface area contributed by atoms with Crippen LogP contribution in [0.25, 0.3) is 11.1 Å². The van der Waals surface area contributed by atoms with Crippen LogP contribution in [0.3, 0.4) is 0 Å². The summed E-state index contributed by atoms with van der Waals surface area (Å²) >= 11 is 0. The number of hydrogen-bond acceptors (Lipinski definition) is 7. The maximum atomic E-state index is 13.3. The lowest BCUT2D eigenvalue weighted by Crippen LogP contribution is -2.49. The highest BCUT2D eigenvalue weighted by atomic mass is 16.5. The predicted molar refractivity (Wildman–Crippen MR) is 137 cm³/mol. The van der Waals surface area contributed by atoms with Crippen molar-refractivity contribution in [2.75, 3.05) is 37.5 Å². The molecule has 10 heteroatoms. The van der Waals surface area contributed by atoms with E-state index in [1.54, 1.807) is 24.3 Å². The topological polar surface area (TPSA) is 123 Å². The van der Waals surface area contributed by atoms with Crippen molar-refractivity contribution in [3.63, 3.8) is 0 Å². The van der Waals surface area contributed by atoms with Gasteiger partial charge in [-0.3, -0.25) is 14.4 Å². The number of carbonyl (C=O) groups is 3. The van der Waals surface area contributed by atoms with Crippen molar-refractivity contribution in [3.8, 4) is 5.88 Å². The molecule has 10 nitrogen and oxygen atoms in total. The fourth-order valence-corrected chi connectivity index (χ4v) is 4.96. The summed E-state index contributed by atoms with van der Waals surface area (Å²) < 4.78 is 16.3. The van der Waals surface area contributed by atoms with Crippen molar-refractivity contribution in [1.82, 2.24) is 9.88 Å². The molecule has 3 amide bonds. The third-order valence-corrected chi connectivity index (χ3v) is 7.01. The summed E-state index contributed by atoms with van der Waals surface area (Å²) in [7, 11) is 1.50. The molecular weight excluding hydrogens is 476 g/mol. The van der Waals surface area contributed by atoms with E-state index in [4.69, 9.17) is 13.9 Å². The van der Waals surface area contributed by atoms with Gasteiger partial charge in [0.15, 0.2) is 5.58 Å². The molecule has 0 radical (unpaired) electrons. The van der Waals surface area contributed by atoms with Crippen molar-refractivity contribution < 1.29 is 28.3 Å². The molecule has 1 saturated heterocycles. The van der Waals surface area contributed by atoms with E-state index in [-0.39, 0.29) is 41.8 Å². The number of anilines is 2. The molecule has 1 aliphatic heterocycles. The maximum absolute atomic E-state index is 13.3. The first kappa shape index (κ1) is 24.8. The molecule has 5 rings (SSSR count). The second-order valence-corrected chi connectivity index (χ2v) is 9.46. The number of pyridine rings is 1. The van der Waals surface area contributed by atoms with Crippen molar-refractivity contribution in [1.29, 1.82) is 0 Å². The highest BCUT2D eigenvalue weighted by Crippen LogP contribution is 2.34. The fraction of sp³-hybridized carbons (Fsp3) is 0.407. The summed E-state index contributed by atoms with van der Waals surface area (Å²) in [6.45, 7) is 3.22. The van der Waals surface area contributed by atoms with E-state index in [9.17, 15) is 14.4 Å². The van der Waals surface area contributed by atoms with Gasteiger partial charge in [0, 0.05) is 30.3 Å². The second kappa shape index (κ2) is 10.6. The minimum Gasteiger partial charge on any atom is -0.481 e. The number of nitrogens with one attached hydrogen (secondary N) is 2. The predicted octanol–water partition coefficient (Wildman–Crippen LogP) is 3.75. The van der Waals surface area contributed by atoms with E-state index in [0.717, 1.165) is 18.4 Å². The number of amides is 3. The van der Waals surface area contributed by atoms with Crippen LogP contribution in [0.5, 0.6) is 5.88 Å². The van der Waals surface area contributed by atoms with Gasteiger partial charge in [0.25, 0.3) is 5.91 Å². The van der Waals surface area contributed by atoms with E-state index in [0.29, 0.717) is 48.7 Å². The Bertz CT molecular complexity index is 1310. The van der Waals surface area contributed by atoms with Gasteiger partial charge in [-0.1, -0.05) is 17.7 Å². The number of aromatic nitrogens is 1. The average Bonchev–Trinajstić information content (AvgIpc) is 3.28. The number of benzene rings is 1. The number of fused-ring (bicyclic) bond motifs is 1. The highest BCUT2D eigenvalue weighted by molar-refractivity contribution is 6.14. The van der Waals surface area contributed by atoms with Crippen molar-refractivity contribution in [3.05, 3.63) is 47.7 Å². The van der Waals surface area contributed by atoms with Gasteiger partial charge in [-0.05, 0) is 50.8 Å². The standard InChI is InChI=1S/C27H30N4O6/c1-16-3-7-18(8-4-16)28-27(34)25-24(23-20(37-25)11-12-21(29-23)35-2)30-26(33)17-5-9-19(10-6-17)31-13-14-36-15-22(31)32/h3-4,7-8,11-12,17,19H,5-6,9-10,13-15H2,1-2H3,(H,28,34)(H,30,33). The smallest absolute Gasteiger partial charge is 0.293 e. The maximum Gasteiger partial charge on any atom is 0.293 e. The van der Waals surface area contributed by atoms with Gasteiger partial charge in [-0.25, -0.2) is 4.98 Å². The fourth-order valence-electron chi connectivity index (χ4n) is 4.96. The number of nitrogens with zero attached hydrogens (tertiary/aromatic N) is 2. The molecule has 0 atom stereocenters. The molecule has 2 aliphatic rings. The molecule has 2 fully saturated rings. The Balaban J connectivity index is 1.34. The molecule has 1 saturated carbocycles. The van der Waals surface area contributed by atoms with Crippen molar-refractivity contribution in [2.45, 2.75) is 38.6 Å². The average molecular weight is 507 g/mol. The summed E-state index contributed by atoms with van der Waals surface area (Å²) in [5.41, 5.74) is 2.59. The molecule has 0 unspecified atom stereocenters. The minimum absolute atomic E-state index is 0.00766. The normalized spacial score (nSPS) is 20.1. The van der Waals surface area contributed by atoms with Gasteiger partial charge in [-0.2, -0.15) is 0 Å². The molecule has 3 heterocycles. The van der Waals surface area contributed by atoms with Gasteiger partial charge in [0.2, 0.25) is 23.5 Å². The Labute approximate surface area is 214 Å². The quantitative estimate of drug-likeness (QED) is 0.522. The summed E-state index contributed by atoms with van der Waals surface area (Å²) in [4.78, 5) is 45.0. The van der Waals surface area contributed by atoms with Crippen molar-refractivity contribution >= 4 is 40.2 Å². The largest absolute Gasteiger partial charge is 0.481 e. The lowest BCUT2D eigenvalue weighted by molar-refractivity contribution is -0.146. The first-order valence-corrected chi connectivity index (χ1v) is 12.5. The third-order valence-electron chi connectivity index (χ3n) is 7.01. The van der Waals surface area contributed by atoms with Crippen LogP contribution < -0.4 is 15.4 Å². The van der Waals surface area contributed by atoms with Gasteiger partial charge in [-0.15, -0.1) is 0 Å². The van der Waals surface area contributed by atoms with Gasteiger partial charge in [0.1, 0.15) is 17.8 Å². The van der Waals surface area contributed by atoms with Gasteiger partial charge in [0.05, 0.1) is 13.7 Å². The van der Waals surface area contributed by atoms with E-state index in [2.05, 4.69) is 15.6 Å². The van der Waals surface area contributed by atoms with Crippen LogP contribution >= 0.6 is 0 Å². The monoisotopic (exact) mass is 506 g/mol. The number of morpholine rings is 1. The first-order valence-electron chi connectivity index (χ1n) is 12.5. The molecule has 2 N–H and O–H groups in total. The number of ether oxygens (including phenoxy) is 2. The summed E-state index contributed by atoms with van der Waals surface area (Å²) in [6, 6.07) is 10.8. The molecule has 37 heavy (non-hydrogen) atoms. The Morgan fingerprint density at radius 3 is 2.51 bits per heavy atom. The van der Waals surface area contributed by atoms with Gasteiger partial charge >= 0.3 is 0 Å². The van der Waals surface area contributed by atoms with Gasteiger partial charge < -0.3 is 29.4 Å². The molecule has 1 aromatic carbocycles. The van der Waals surface area contributed by atoms with Crippen LogP contribution in [-0.4, -0.2) is 60.5 Å². The number of methoxy groups -OCH3 is 1. The molecule has 1 aliphatic carbocycles. The third kappa shape index (κ3) is 5.29. The van der Waals surface area contributed by atoms with E-state index in [1.165, 1.54) is 7.11 Å².